The van der Waals surface area contributed by atoms with Crippen LogP contribution in [0.2, 0.25) is 5.02 Å². The van der Waals surface area contributed by atoms with Crippen LogP contribution in [0.4, 0.5) is 23.2 Å². The lowest BCUT2D eigenvalue weighted by atomic mass is 10.0. The third kappa shape index (κ3) is 9.42. The van der Waals surface area contributed by atoms with Crippen LogP contribution in [0.15, 0.2) is 72.8 Å². The Morgan fingerprint density at radius 3 is 2.12 bits per heavy atom. The second-order valence-electron chi connectivity index (χ2n) is 11.0. The summed E-state index contributed by atoms with van der Waals surface area (Å²) in [5, 5.41) is 2.47. The second kappa shape index (κ2) is 13.3. The summed E-state index contributed by atoms with van der Waals surface area (Å²) in [5.74, 6) is -2.23. The maximum atomic E-state index is 14.8. The molecule has 0 bridgehead atoms. The van der Waals surface area contributed by atoms with E-state index in [-0.39, 0.29) is 17.0 Å². The number of benzene rings is 3. The minimum atomic E-state index is -4.82. The highest BCUT2D eigenvalue weighted by Crippen LogP contribution is 2.36. The van der Waals surface area contributed by atoms with Gasteiger partial charge in [-0.1, -0.05) is 60.1 Å². The van der Waals surface area contributed by atoms with E-state index in [2.05, 4.69) is 5.32 Å². The van der Waals surface area contributed by atoms with Crippen LogP contribution in [0.3, 0.4) is 0 Å². The minimum Gasteiger partial charge on any atom is -0.350 e. The number of sulfonamides is 1. The Kier molecular flexibility index (Phi) is 10.5. The van der Waals surface area contributed by atoms with Gasteiger partial charge in [0.2, 0.25) is 21.8 Å². The van der Waals surface area contributed by atoms with Crippen molar-refractivity contribution >= 4 is 39.1 Å². The minimum absolute atomic E-state index is 0.0217. The van der Waals surface area contributed by atoms with Crippen LogP contribution in [0.25, 0.3) is 0 Å². The number of hydrogen-bond acceptors (Lipinski definition) is 4. The molecule has 3 aromatic rings. The van der Waals surface area contributed by atoms with Gasteiger partial charge >= 0.3 is 6.18 Å². The average Bonchev–Trinajstić information content (AvgIpc) is 2.89. The van der Waals surface area contributed by atoms with E-state index < -0.39 is 69.8 Å². The van der Waals surface area contributed by atoms with E-state index in [9.17, 15) is 35.6 Å². The maximum absolute atomic E-state index is 14.8. The predicted molar refractivity (Wildman–Crippen MR) is 157 cm³/mol. The molecule has 2 amide bonds. The number of amides is 2. The van der Waals surface area contributed by atoms with Crippen molar-refractivity contribution in [3.8, 4) is 0 Å². The molecule has 13 heteroatoms. The van der Waals surface area contributed by atoms with E-state index in [4.69, 9.17) is 11.6 Å². The average molecular weight is 642 g/mol. The van der Waals surface area contributed by atoms with Crippen molar-refractivity contribution in [3.63, 3.8) is 0 Å². The number of rotatable bonds is 10. The molecule has 43 heavy (non-hydrogen) atoms. The van der Waals surface area contributed by atoms with Gasteiger partial charge < -0.3 is 10.2 Å². The van der Waals surface area contributed by atoms with Crippen LogP contribution in [-0.2, 0) is 38.8 Å². The number of alkyl halides is 3. The monoisotopic (exact) mass is 641 g/mol. The first kappa shape index (κ1) is 33.9. The van der Waals surface area contributed by atoms with E-state index in [1.165, 1.54) is 24.3 Å². The summed E-state index contributed by atoms with van der Waals surface area (Å²) in [6.07, 6.45) is -4.13. The molecule has 0 aliphatic heterocycles. The summed E-state index contributed by atoms with van der Waals surface area (Å²) in [5.41, 5.74) is -1.78. The second-order valence-corrected chi connectivity index (χ2v) is 13.3. The standard InChI is InChI=1S/C30H32ClF4N3O4S/c1-29(2,3)36-28(40)26(16-20-10-6-5-7-11-20)37(18-21-12-8-9-13-24(21)32)27(39)19-38(43(4,41)42)25-17-22(30(33,34)35)14-15-23(25)31/h5-15,17,26H,16,18-19H2,1-4H3,(H,36,40). The molecule has 0 heterocycles. The number of nitrogens with one attached hydrogen (secondary N) is 1. The fourth-order valence-corrected chi connectivity index (χ4v) is 5.41. The van der Waals surface area contributed by atoms with Crippen LogP contribution in [0, 0.1) is 5.82 Å². The first-order chi connectivity index (χ1) is 19.9. The van der Waals surface area contributed by atoms with Gasteiger partial charge in [0, 0.05) is 24.1 Å². The number of nitrogens with zero attached hydrogens (tertiary/aromatic N) is 2. The molecule has 0 aliphatic rings. The van der Waals surface area contributed by atoms with Crippen molar-refractivity contribution in [2.45, 2.75) is 51.5 Å². The molecule has 0 radical (unpaired) electrons. The van der Waals surface area contributed by atoms with Gasteiger partial charge in [-0.05, 0) is 50.6 Å². The van der Waals surface area contributed by atoms with Gasteiger partial charge in [-0.15, -0.1) is 0 Å². The van der Waals surface area contributed by atoms with Crippen molar-refractivity contribution in [2.75, 3.05) is 17.1 Å². The van der Waals surface area contributed by atoms with E-state index in [0.717, 1.165) is 11.0 Å². The molecule has 0 spiro atoms. The molecule has 1 N–H and O–H groups in total. The summed E-state index contributed by atoms with van der Waals surface area (Å²) in [7, 11) is -4.39. The Morgan fingerprint density at radius 2 is 1.56 bits per heavy atom. The van der Waals surface area contributed by atoms with Crippen LogP contribution in [-0.4, -0.2) is 49.5 Å². The first-order valence-corrected chi connectivity index (χ1v) is 15.3. The van der Waals surface area contributed by atoms with Crippen LogP contribution in [0.5, 0.6) is 0 Å². The number of hydrogen-bond donors (Lipinski definition) is 1. The highest BCUT2D eigenvalue weighted by molar-refractivity contribution is 7.92. The predicted octanol–water partition coefficient (Wildman–Crippen LogP) is 5.82. The van der Waals surface area contributed by atoms with Gasteiger partial charge in [0.25, 0.3) is 0 Å². The molecule has 0 saturated carbocycles. The molecule has 0 saturated heterocycles. The van der Waals surface area contributed by atoms with Gasteiger partial charge in [-0.3, -0.25) is 13.9 Å². The lowest BCUT2D eigenvalue weighted by molar-refractivity contribution is -0.140. The molecule has 0 fully saturated rings. The molecular formula is C30H32ClF4N3O4S. The summed E-state index contributed by atoms with van der Waals surface area (Å²) in [6, 6.07) is 15.1. The Bertz CT molecular complexity index is 1560. The molecule has 7 nitrogen and oxygen atoms in total. The summed E-state index contributed by atoms with van der Waals surface area (Å²) >= 11 is 6.14. The zero-order valence-electron chi connectivity index (χ0n) is 24.0. The Balaban J connectivity index is 2.14. The van der Waals surface area contributed by atoms with Gasteiger partial charge in [0.1, 0.15) is 18.4 Å². The first-order valence-electron chi connectivity index (χ1n) is 13.1. The lowest BCUT2D eigenvalue weighted by Crippen LogP contribution is -2.56. The number of carbonyl (C=O) groups excluding carboxylic acids is 2. The molecule has 1 unspecified atom stereocenters. The van der Waals surface area contributed by atoms with Crippen LogP contribution < -0.4 is 9.62 Å². The third-order valence-electron chi connectivity index (χ3n) is 6.29. The van der Waals surface area contributed by atoms with Crippen LogP contribution >= 0.6 is 11.6 Å². The highest BCUT2D eigenvalue weighted by Gasteiger charge is 2.36. The zero-order chi connectivity index (χ0) is 32.2. The van der Waals surface area contributed by atoms with Crippen molar-refractivity contribution in [1.29, 1.82) is 0 Å². The largest absolute Gasteiger partial charge is 0.416 e. The van der Waals surface area contributed by atoms with Crippen LogP contribution in [0.1, 0.15) is 37.5 Å². The third-order valence-corrected chi connectivity index (χ3v) is 7.74. The number of anilines is 1. The highest BCUT2D eigenvalue weighted by atomic mass is 35.5. The molecule has 3 rings (SSSR count). The van der Waals surface area contributed by atoms with Gasteiger partial charge in [0.15, 0.2) is 0 Å². The lowest BCUT2D eigenvalue weighted by Gasteiger charge is -2.35. The topological polar surface area (TPSA) is 86.8 Å². The van der Waals surface area contributed by atoms with Crippen molar-refractivity contribution in [2.24, 2.45) is 0 Å². The fraction of sp³-hybridized carbons (Fsp3) is 0.333. The van der Waals surface area contributed by atoms with E-state index in [1.807, 2.05) is 0 Å². The Hall–Kier alpha value is -3.64. The number of carbonyl (C=O) groups is 2. The summed E-state index contributed by atoms with van der Waals surface area (Å²) < 4.78 is 81.5. The molecule has 0 aromatic heterocycles. The van der Waals surface area contributed by atoms with Crippen molar-refractivity contribution in [3.05, 3.63) is 100 Å². The van der Waals surface area contributed by atoms with Gasteiger partial charge in [-0.25, -0.2) is 12.8 Å². The summed E-state index contributed by atoms with van der Waals surface area (Å²) in [4.78, 5) is 28.7. The van der Waals surface area contributed by atoms with Crippen molar-refractivity contribution < 1.29 is 35.6 Å². The molecular weight excluding hydrogens is 610 g/mol. The van der Waals surface area contributed by atoms with Gasteiger partial charge in [0.05, 0.1) is 22.5 Å². The van der Waals surface area contributed by atoms with E-state index in [0.29, 0.717) is 28.3 Å². The number of halogens is 5. The molecule has 0 aliphatic carbocycles. The quantitative estimate of drug-likeness (QED) is 0.283. The molecule has 1 atom stereocenters. The Morgan fingerprint density at radius 1 is 0.953 bits per heavy atom. The van der Waals surface area contributed by atoms with Crippen molar-refractivity contribution in [1.82, 2.24) is 10.2 Å². The smallest absolute Gasteiger partial charge is 0.350 e. The van der Waals surface area contributed by atoms with Gasteiger partial charge in [-0.2, -0.15) is 13.2 Å². The van der Waals surface area contributed by atoms with E-state index >= 15 is 0 Å². The Labute approximate surface area is 253 Å². The maximum Gasteiger partial charge on any atom is 0.416 e. The normalized spacial score (nSPS) is 12.9. The molecule has 232 valence electrons. The zero-order valence-corrected chi connectivity index (χ0v) is 25.5. The molecule has 3 aromatic carbocycles. The van der Waals surface area contributed by atoms with E-state index in [1.54, 1.807) is 51.1 Å². The fourth-order valence-electron chi connectivity index (χ4n) is 4.29. The SMILES string of the molecule is CC(C)(C)NC(=O)C(Cc1ccccc1)N(Cc1ccccc1F)C(=O)CN(c1cc(C(F)(F)F)ccc1Cl)S(C)(=O)=O. The summed E-state index contributed by atoms with van der Waals surface area (Å²) in [6.45, 7) is 3.74.